The summed E-state index contributed by atoms with van der Waals surface area (Å²) in [5.41, 5.74) is 0. The van der Waals surface area contributed by atoms with E-state index in [1.165, 1.54) is 16.7 Å². The molecule has 1 atom stereocenters. The van der Waals surface area contributed by atoms with Crippen molar-refractivity contribution >= 4 is 39.6 Å². The van der Waals surface area contributed by atoms with E-state index in [1.54, 1.807) is 0 Å². The molecule has 2 rings (SSSR count). The normalized spacial score (nSPS) is 15.7. The monoisotopic (exact) mass is 357 g/mol. The van der Waals surface area contributed by atoms with E-state index in [4.69, 9.17) is 5.11 Å². The molecule has 108 valence electrons. The minimum atomic E-state index is -0.953. The van der Waals surface area contributed by atoms with Gasteiger partial charge >= 0.3 is 5.97 Å². The number of carbonyl (C=O) groups is 2. The third kappa shape index (κ3) is 4.24. The van der Waals surface area contributed by atoms with Gasteiger partial charge in [-0.1, -0.05) is 15.9 Å². The lowest BCUT2D eigenvalue weighted by Gasteiger charge is -2.23. The Balaban J connectivity index is 1.99. The Morgan fingerprint density at radius 2 is 2.00 bits per heavy atom. The van der Waals surface area contributed by atoms with Crippen LogP contribution in [0, 0.1) is 0 Å². The van der Waals surface area contributed by atoms with Gasteiger partial charge in [0.1, 0.15) is 6.54 Å². The lowest BCUT2D eigenvalue weighted by atomic mass is 10.3. The number of thioether (sulfide) groups is 1. The highest BCUT2D eigenvalue weighted by atomic mass is 79.9. The Morgan fingerprint density at radius 3 is 2.50 bits per heavy atom. The van der Waals surface area contributed by atoms with E-state index in [9.17, 15) is 9.59 Å². The highest BCUT2D eigenvalue weighted by Crippen LogP contribution is 2.31. The van der Waals surface area contributed by atoms with Gasteiger partial charge < -0.3 is 10.0 Å². The van der Waals surface area contributed by atoms with Gasteiger partial charge in [0.15, 0.2) is 0 Å². The molecule has 1 aromatic carbocycles. The molecular formula is C14H16BrNO3S. The Morgan fingerprint density at radius 1 is 1.40 bits per heavy atom. The number of nitrogens with zero attached hydrogens (tertiary/aromatic N) is 1. The van der Waals surface area contributed by atoms with E-state index in [-0.39, 0.29) is 23.7 Å². The highest BCUT2D eigenvalue weighted by Gasteiger charge is 2.35. The SMILES string of the molecule is CC(Sc1ccc(Br)cc1)C(=O)N(CC(=O)O)C1CC1. The number of benzene rings is 1. The molecule has 1 aromatic rings. The molecule has 0 radical (unpaired) electrons. The second-order valence-corrected chi connectivity index (χ2v) is 7.13. The average Bonchev–Trinajstić information content (AvgIpc) is 3.22. The minimum Gasteiger partial charge on any atom is -0.480 e. The summed E-state index contributed by atoms with van der Waals surface area (Å²) >= 11 is 4.82. The van der Waals surface area contributed by atoms with Crippen molar-refractivity contribution < 1.29 is 14.7 Å². The van der Waals surface area contributed by atoms with Crippen LogP contribution in [0.3, 0.4) is 0 Å². The fraction of sp³-hybridized carbons (Fsp3) is 0.429. The van der Waals surface area contributed by atoms with Gasteiger partial charge in [-0.2, -0.15) is 0 Å². The summed E-state index contributed by atoms with van der Waals surface area (Å²) in [5, 5.41) is 8.62. The maximum atomic E-state index is 12.4. The fourth-order valence-electron chi connectivity index (χ4n) is 1.92. The summed E-state index contributed by atoms with van der Waals surface area (Å²) < 4.78 is 0.992. The van der Waals surface area contributed by atoms with E-state index in [1.807, 2.05) is 31.2 Å². The van der Waals surface area contributed by atoms with Crippen molar-refractivity contribution in [3.63, 3.8) is 0 Å². The summed E-state index contributed by atoms with van der Waals surface area (Å²) in [6.07, 6.45) is 1.82. The molecule has 1 fully saturated rings. The number of halogens is 1. The number of hydrogen-bond acceptors (Lipinski definition) is 3. The molecular weight excluding hydrogens is 342 g/mol. The predicted molar refractivity (Wildman–Crippen MR) is 81.8 cm³/mol. The molecule has 6 heteroatoms. The summed E-state index contributed by atoms with van der Waals surface area (Å²) in [6, 6.07) is 7.85. The van der Waals surface area contributed by atoms with Gasteiger partial charge in [0.2, 0.25) is 5.91 Å². The molecule has 1 amide bonds. The minimum absolute atomic E-state index is 0.0946. The van der Waals surface area contributed by atoms with E-state index < -0.39 is 5.97 Å². The highest BCUT2D eigenvalue weighted by molar-refractivity contribution is 9.10. The number of amides is 1. The molecule has 0 aromatic heterocycles. The molecule has 1 unspecified atom stereocenters. The first-order chi connectivity index (χ1) is 9.47. The zero-order valence-electron chi connectivity index (χ0n) is 11.1. The molecule has 1 saturated carbocycles. The zero-order chi connectivity index (χ0) is 14.7. The van der Waals surface area contributed by atoms with Crippen LogP contribution in [0.4, 0.5) is 0 Å². The molecule has 4 nitrogen and oxygen atoms in total. The van der Waals surface area contributed by atoms with Crippen LogP contribution in [0.2, 0.25) is 0 Å². The maximum Gasteiger partial charge on any atom is 0.323 e. The van der Waals surface area contributed by atoms with Gasteiger partial charge in [0.25, 0.3) is 0 Å². The first-order valence-electron chi connectivity index (χ1n) is 6.42. The first kappa shape index (κ1) is 15.4. The first-order valence-corrected chi connectivity index (χ1v) is 8.09. The van der Waals surface area contributed by atoms with Crippen molar-refractivity contribution in [3.05, 3.63) is 28.7 Å². The number of aliphatic carboxylic acids is 1. The zero-order valence-corrected chi connectivity index (χ0v) is 13.5. The number of carbonyl (C=O) groups excluding carboxylic acids is 1. The van der Waals surface area contributed by atoms with Crippen molar-refractivity contribution in [3.8, 4) is 0 Å². The standard InChI is InChI=1S/C14H16BrNO3S/c1-9(20-12-6-2-10(15)3-7-12)14(19)16(8-13(17)18)11-4-5-11/h2-3,6-7,9,11H,4-5,8H2,1H3,(H,17,18). The molecule has 0 aliphatic heterocycles. The Labute approximate surface area is 130 Å². The second kappa shape index (κ2) is 6.63. The van der Waals surface area contributed by atoms with Crippen LogP contribution in [0.5, 0.6) is 0 Å². The van der Waals surface area contributed by atoms with Gasteiger partial charge in [0.05, 0.1) is 5.25 Å². The molecule has 1 N–H and O–H groups in total. The smallest absolute Gasteiger partial charge is 0.323 e. The molecule has 0 saturated heterocycles. The van der Waals surface area contributed by atoms with E-state index >= 15 is 0 Å². The lowest BCUT2D eigenvalue weighted by molar-refractivity contribution is -0.144. The fourth-order valence-corrected chi connectivity index (χ4v) is 3.12. The predicted octanol–water partition coefficient (Wildman–Crippen LogP) is 3.01. The molecule has 0 heterocycles. The van der Waals surface area contributed by atoms with Crippen LogP contribution in [-0.4, -0.2) is 39.7 Å². The summed E-state index contributed by atoms with van der Waals surface area (Å²) in [4.78, 5) is 25.7. The molecule has 1 aliphatic rings. The van der Waals surface area contributed by atoms with Gasteiger partial charge in [-0.05, 0) is 44.0 Å². The van der Waals surface area contributed by atoms with Crippen LogP contribution >= 0.6 is 27.7 Å². The van der Waals surface area contributed by atoms with Gasteiger partial charge in [-0.15, -0.1) is 11.8 Å². The number of hydrogen-bond donors (Lipinski definition) is 1. The van der Waals surface area contributed by atoms with Crippen LogP contribution in [0.15, 0.2) is 33.6 Å². The summed E-state index contributed by atoms with van der Waals surface area (Å²) in [6.45, 7) is 1.63. The third-order valence-corrected chi connectivity index (χ3v) is 4.68. The Kier molecular flexibility index (Phi) is 5.10. The van der Waals surface area contributed by atoms with Gasteiger partial charge in [-0.25, -0.2) is 0 Å². The van der Waals surface area contributed by atoms with Crippen molar-refractivity contribution in [2.45, 2.75) is 36.0 Å². The number of rotatable bonds is 6. The van der Waals surface area contributed by atoms with Crippen molar-refractivity contribution in [2.75, 3.05) is 6.54 Å². The van der Waals surface area contributed by atoms with Crippen LogP contribution in [-0.2, 0) is 9.59 Å². The van der Waals surface area contributed by atoms with E-state index in [0.29, 0.717) is 0 Å². The molecule has 1 aliphatic carbocycles. The van der Waals surface area contributed by atoms with Crippen LogP contribution in [0.25, 0.3) is 0 Å². The van der Waals surface area contributed by atoms with Gasteiger partial charge in [-0.3, -0.25) is 9.59 Å². The maximum absolute atomic E-state index is 12.4. The van der Waals surface area contributed by atoms with E-state index in [0.717, 1.165) is 22.2 Å². The topological polar surface area (TPSA) is 57.6 Å². The molecule has 0 spiro atoms. The number of carboxylic acid groups (broad SMARTS) is 1. The quantitative estimate of drug-likeness (QED) is 0.795. The van der Waals surface area contributed by atoms with Crippen LogP contribution < -0.4 is 0 Å². The Bertz CT molecular complexity index is 502. The van der Waals surface area contributed by atoms with Crippen molar-refractivity contribution in [1.29, 1.82) is 0 Å². The lowest BCUT2D eigenvalue weighted by Crippen LogP contribution is -2.41. The third-order valence-electron chi connectivity index (χ3n) is 3.05. The van der Waals surface area contributed by atoms with Gasteiger partial charge in [0, 0.05) is 15.4 Å². The van der Waals surface area contributed by atoms with Crippen LogP contribution in [0.1, 0.15) is 19.8 Å². The molecule has 0 bridgehead atoms. The molecule has 20 heavy (non-hydrogen) atoms. The summed E-state index contributed by atoms with van der Waals surface area (Å²) in [7, 11) is 0. The largest absolute Gasteiger partial charge is 0.480 e. The number of carboxylic acids is 1. The van der Waals surface area contributed by atoms with Crippen molar-refractivity contribution in [1.82, 2.24) is 4.90 Å². The Hall–Kier alpha value is -1.01. The van der Waals surface area contributed by atoms with E-state index in [2.05, 4.69) is 15.9 Å². The van der Waals surface area contributed by atoms with Crippen molar-refractivity contribution in [2.24, 2.45) is 0 Å². The average molecular weight is 358 g/mol. The second-order valence-electron chi connectivity index (χ2n) is 4.81. The summed E-state index contributed by atoms with van der Waals surface area (Å²) in [5.74, 6) is -1.05.